The molecule has 4 aromatic rings. The topological polar surface area (TPSA) is 47.4 Å². The van der Waals surface area contributed by atoms with E-state index in [0.29, 0.717) is 32.0 Å². The molecule has 3 aromatic carbocycles. The van der Waals surface area contributed by atoms with Gasteiger partial charge in [0.05, 0.1) is 17.6 Å². The van der Waals surface area contributed by atoms with E-state index in [2.05, 4.69) is 73.0 Å². The second-order valence-electron chi connectivity index (χ2n) is 10.2. The van der Waals surface area contributed by atoms with Crippen LogP contribution in [0.15, 0.2) is 78.9 Å². The third-order valence-electron chi connectivity index (χ3n) is 7.59. The van der Waals surface area contributed by atoms with Crippen LogP contribution in [0, 0.1) is 0 Å². The summed E-state index contributed by atoms with van der Waals surface area (Å²) in [6.07, 6.45) is 3.62. The number of unbranched alkanes of at least 4 members (excludes halogenated alkanes) is 1. The first kappa shape index (κ1) is 25.1. The SMILES string of the molecule is CCC(C)c1ccc(OCCCCn2c(C3CC(=O)N(Cc4ccccc4)C3)nc3ccccc32)cc1. The van der Waals surface area contributed by atoms with Gasteiger partial charge in [-0.1, -0.05) is 68.4 Å². The number of aromatic nitrogens is 2. The minimum absolute atomic E-state index is 0.115. The van der Waals surface area contributed by atoms with Gasteiger partial charge in [0.25, 0.3) is 0 Å². The third-order valence-corrected chi connectivity index (χ3v) is 7.59. The van der Waals surface area contributed by atoms with Gasteiger partial charge >= 0.3 is 0 Å². The molecule has 37 heavy (non-hydrogen) atoms. The smallest absolute Gasteiger partial charge is 0.223 e. The zero-order valence-electron chi connectivity index (χ0n) is 22.0. The molecule has 1 aromatic heterocycles. The van der Waals surface area contributed by atoms with Crippen molar-refractivity contribution < 1.29 is 9.53 Å². The lowest BCUT2D eigenvalue weighted by molar-refractivity contribution is -0.128. The summed E-state index contributed by atoms with van der Waals surface area (Å²) in [7, 11) is 0. The van der Waals surface area contributed by atoms with Crippen LogP contribution in [0.3, 0.4) is 0 Å². The van der Waals surface area contributed by atoms with E-state index in [1.807, 2.05) is 29.2 Å². The lowest BCUT2D eigenvalue weighted by Gasteiger charge is -2.17. The molecular formula is C32H37N3O2. The Morgan fingerprint density at radius 2 is 1.73 bits per heavy atom. The van der Waals surface area contributed by atoms with Crippen molar-refractivity contribution in [1.82, 2.24) is 14.5 Å². The molecule has 0 radical (unpaired) electrons. The van der Waals surface area contributed by atoms with Gasteiger partial charge in [-0.15, -0.1) is 0 Å². The second-order valence-corrected chi connectivity index (χ2v) is 10.2. The van der Waals surface area contributed by atoms with Crippen molar-refractivity contribution in [3.05, 3.63) is 95.8 Å². The highest BCUT2D eigenvalue weighted by molar-refractivity contribution is 5.81. The average Bonchev–Trinajstić information content (AvgIpc) is 3.49. The van der Waals surface area contributed by atoms with E-state index >= 15 is 0 Å². The molecule has 0 spiro atoms. The van der Waals surface area contributed by atoms with Crippen LogP contribution in [0.2, 0.25) is 0 Å². The zero-order chi connectivity index (χ0) is 25.6. The van der Waals surface area contributed by atoms with Gasteiger partial charge in [0.1, 0.15) is 11.6 Å². The number of fused-ring (bicyclic) bond motifs is 1. The molecule has 1 fully saturated rings. The van der Waals surface area contributed by atoms with Crippen molar-refractivity contribution >= 4 is 16.9 Å². The molecule has 0 N–H and O–H groups in total. The molecule has 5 rings (SSSR count). The fourth-order valence-corrected chi connectivity index (χ4v) is 5.23. The number of carbonyl (C=O) groups excluding carboxylic acids is 1. The van der Waals surface area contributed by atoms with Crippen LogP contribution in [0.5, 0.6) is 5.75 Å². The van der Waals surface area contributed by atoms with Crippen molar-refractivity contribution in [1.29, 1.82) is 0 Å². The van der Waals surface area contributed by atoms with Crippen LogP contribution in [-0.2, 0) is 17.9 Å². The Morgan fingerprint density at radius 1 is 0.973 bits per heavy atom. The normalized spacial score (nSPS) is 16.4. The predicted molar refractivity (Wildman–Crippen MR) is 149 cm³/mol. The second kappa shape index (κ2) is 11.6. The number of hydrogen-bond donors (Lipinski definition) is 0. The highest BCUT2D eigenvalue weighted by Crippen LogP contribution is 2.31. The number of amides is 1. The fraction of sp³-hybridized carbons (Fsp3) is 0.375. The molecule has 0 aliphatic carbocycles. The van der Waals surface area contributed by atoms with Crippen molar-refractivity contribution in [2.45, 2.75) is 64.5 Å². The molecule has 5 nitrogen and oxygen atoms in total. The van der Waals surface area contributed by atoms with E-state index in [1.54, 1.807) is 0 Å². The summed E-state index contributed by atoms with van der Waals surface area (Å²) in [6, 6.07) is 27.1. The summed E-state index contributed by atoms with van der Waals surface area (Å²) >= 11 is 0. The summed E-state index contributed by atoms with van der Waals surface area (Å²) in [5.41, 5.74) is 4.68. The molecule has 0 saturated carbocycles. The Morgan fingerprint density at radius 3 is 2.51 bits per heavy atom. The maximum Gasteiger partial charge on any atom is 0.223 e. The molecular weight excluding hydrogens is 458 g/mol. The minimum Gasteiger partial charge on any atom is -0.494 e. The van der Waals surface area contributed by atoms with E-state index < -0.39 is 0 Å². The van der Waals surface area contributed by atoms with Gasteiger partial charge in [0.2, 0.25) is 5.91 Å². The van der Waals surface area contributed by atoms with Crippen LogP contribution in [-0.4, -0.2) is 33.5 Å². The molecule has 2 atom stereocenters. The molecule has 1 amide bonds. The number of benzene rings is 3. The van der Waals surface area contributed by atoms with Crippen LogP contribution in [0.4, 0.5) is 0 Å². The Balaban J connectivity index is 1.21. The molecule has 2 unspecified atom stereocenters. The van der Waals surface area contributed by atoms with Gasteiger partial charge in [-0.2, -0.15) is 0 Å². The number of carbonyl (C=O) groups is 1. The maximum atomic E-state index is 12.9. The molecule has 5 heteroatoms. The Bertz CT molecular complexity index is 1310. The zero-order valence-corrected chi connectivity index (χ0v) is 22.0. The predicted octanol–water partition coefficient (Wildman–Crippen LogP) is 6.93. The standard InChI is InChI=1S/C32H37N3O2/c1-3-24(2)26-15-17-28(18-16-26)37-20-10-9-19-35-30-14-8-7-13-29(30)33-32(35)27-21-31(36)34(23-27)22-25-11-5-4-6-12-25/h4-8,11-18,24,27H,3,9-10,19-23H2,1-2H3. The lowest BCUT2D eigenvalue weighted by Crippen LogP contribution is -2.24. The Kier molecular flexibility index (Phi) is 7.88. The first-order valence-electron chi connectivity index (χ1n) is 13.6. The van der Waals surface area contributed by atoms with Gasteiger partial charge < -0.3 is 14.2 Å². The van der Waals surface area contributed by atoms with Crippen LogP contribution < -0.4 is 4.74 Å². The molecule has 1 aliphatic heterocycles. The summed E-state index contributed by atoms with van der Waals surface area (Å²) in [5, 5.41) is 0. The first-order valence-corrected chi connectivity index (χ1v) is 13.6. The molecule has 2 heterocycles. The average molecular weight is 496 g/mol. The van der Waals surface area contributed by atoms with Crippen molar-refractivity contribution in [2.75, 3.05) is 13.2 Å². The molecule has 0 bridgehead atoms. The monoisotopic (exact) mass is 495 g/mol. The Labute approximate surface area is 220 Å². The van der Waals surface area contributed by atoms with E-state index in [4.69, 9.17) is 9.72 Å². The van der Waals surface area contributed by atoms with Crippen LogP contribution in [0.1, 0.15) is 68.3 Å². The number of aryl methyl sites for hydroxylation is 1. The lowest BCUT2D eigenvalue weighted by atomic mass is 9.99. The number of para-hydroxylation sites is 2. The molecule has 1 saturated heterocycles. The maximum absolute atomic E-state index is 12.9. The van der Waals surface area contributed by atoms with Crippen LogP contribution in [0.25, 0.3) is 11.0 Å². The fourth-order valence-electron chi connectivity index (χ4n) is 5.23. The number of rotatable bonds is 11. The third kappa shape index (κ3) is 5.87. The molecule has 1 aliphatic rings. The van der Waals surface area contributed by atoms with Gasteiger partial charge in [-0.3, -0.25) is 4.79 Å². The molecule has 192 valence electrons. The number of imidazole rings is 1. The van der Waals surface area contributed by atoms with E-state index in [9.17, 15) is 4.79 Å². The van der Waals surface area contributed by atoms with Gasteiger partial charge in [-0.05, 0) is 60.6 Å². The highest BCUT2D eigenvalue weighted by atomic mass is 16.5. The first-order chi connectivity index (χ1) is 18.1. The van der Waals surface area contributed by atoms with Crippen LogP contribution >= 0.6 is 0 Å². The minimum atomic E-state index is 0.115. The summed E-state index contributed by atoms with van der Waals surface area (Å²) in [5.74, 6) is 2.87. The quantitative estimate of drug-likeness (QED) is 0.212. The van der Waals surface area contributed by atoms with Gasteiger partial charge in [-0.25, -0.2) is 4.98 Å². The number of nitrogens with zero attached hydrogens (tertiary/aromatic N) is 3. The number of hydrogen-bond acceptors (Lipinski definition) is 3. The number of ether oxygens (including phenoxy) is 1. The number of likely N-dealkylation sites (tertiary alicyclic amines) is 1. The highest BCUT2D eigenvalue weighted by Gasteiger charge is 2.33. The van der Waals surface area contributed by atoms with Gasteiger partial charge in [0.15, 0.2) is 0 Å². The summed E-state index contributed by atoms with van der Waals surface area (Å²) in [4.78, 5) is 19.8. The van der Waals surface area contributed by atoms with E-state index in [1.165, 1.54) is 11.1 Å². The largest absolute Gasteiger partial charge is 0.494 e. The van der Waals surface area contributed by atoms with Crippen molar-refractivity contribution in [3.8, 4) is 5.75 Å². The van der Waals surface area contributed by atoms with Gasteiger partial charge in [0, 0.05) is 32.0 Å². The Hall–Kier alpha value is -3.60. The van der Waals surface area contributed by atoms with Crippen molar-refractivity contribution in [2.24, 2.45) is 0 Å². The van der Waals surface area contributed by atoms with Crippen molar-refractivity contribution in [3.63, 3.8) is 0 Å². The summed E-state index contributed by atoms with van der Waals surface area (Å²) < 4.78 is 8.35. The van der Waals surface area contributed by atoms with E-state index in [0.717, 1.165) is 48.4 Å². The summed E-state index contributed by atoms with van der Waals surface area (Å²) in [6.45, 7) is 7.41. The van der Waals surface area contributed by atoms with E-state index in [-0.39, 0.29) is 11.8 Å².